The number of fused-ring (bicyclic) bond motifs is 2. The predicted molar refractivity (Wildman–Crippen MR) is 111 cm³/mol. The number of hydrogen-bond acceptors (Lipinski definition) is 7. The van der Waals surface area contributed by atoms with E-state index in [4.69, 9.17) is 0 Å². The summed E-state index contributed by atoms with van der Waals surface area (Å²) in [4.78, 5) is 4.57. The molecule has 0 saturated heterocycles. The number of hydrogen-bond donors (Lipinski definition) is 1. The van der Waals surface area contributed by atoms with Gasteiger partial charge in [-0.3, -0.25) is 4.72 Å². The smallest absolute Gasteiger partial charge is 0.261 e. The lowest BCUT2D eigenvalue weighted by atomic mass is 10.1. The highest BCUT2D eigenvalue weighted by molar-refractivity contribution is 7.92. The standard InChI is InChI=1S/C19H14N6O2S2/c1-12-21-17-6-5-15(10-18(17)28-12)29(26,27)24-14-4-2-3-13(9-14)16-7-8-19-22-20-11-25(19)23-16/h2-11,24H,1H3. The Morgan fingerprint density at radius 2 is 1.97 bits per heavy atom. The van der Waals surface area contributed by atoms with Crippen LogP contribution in [-0.4, -0.2) is 33.2 Å². The molecule has 0 amide bonds. The van der Waals surface area contributed by atoms with E-state index in [9.17, 15) is 8.42 Å². The zero-order valence-corrected chi connectivity index (χ0v) is 16.8. The van der Waals surface area contributed by atoms with E-state index in [1.165, 1.54) is 17.7 Å². The first-order chi connectivity index (χ1) is 14.0. The molecule has 0 aliphatic heterocycles. The van der Waals surface area contributed by atoms with Crippen LogP contribution in [-0.2, 0) is 10.0 Å². The Morgan fingerprint density at radius 3 is 2.86 bits per heavy atom. The Bertz CT molecular complexity index is 1470. The molecule has 0 aliphatic carbocycles. The fraction of sp³-hybridized carbons (Fsp3) is 0.0526. The van der Waals surface area contributed by atoms with E-state index in [0.29, 0.717) is 17.0 Å². The third kappa shape index (κ3) is 3.32. The summed E-state index contributed by atoms with van der Waals surface area (Å²) in [6.45, 7) is 1.90. The van der Waals surface area contributed by atoms with Crippen LogP contribution in [0.2, 0.25) is 0 Å². The van der Waals surface area contributed by atoms with Gasteiger partial charge in [0.2, 0.25) is 0 Å². The van der Waals surface area contributed by atoms with Crippen molar-refractivity contribution in [3.8, 4) is 11.3 Å². The normalized spacial score (nSPS) is 11.9. The van der Waals surface area contributed by atoms with Gasteiger partial charge in [-0.1, -0.05) is 12.1 Å². The van der Waals surface area contributed by atoms with Crippen molar-refractivity contribution in [2.45, 2.75) is 11.8 Å². The highest BCUT2D eigenvalue weighted by atomic mass is 32.2. The minimum Gasteiger partial charge on any atom is -0.280 e. The monoisotopic (exact) mass is 422 g/mol. The van der Waals surface area contributed by atoms with Gasteiger partial charge in [0, 0.05) is 11.3 Å². The fourth-order valence-electron chi connectivity index (χ4n) is 3.03. The SMILES string of the molecule is Cc1nc2ccc(S(=O)(=O)Nc3cccc(-c4ccc5nncn5n4)c3)cc2s1. The van der Waals surface area contributed by atoms with Crippen LogP contribution < -0.4 is 4.72 Å². The van der Waals surface area contributed by atoms with Crippen molar-refractivity contribution in [3.05, 3.63) is 65.9 Å². The topological polar surface area (TPSA) is 102 Å². The molecule has 0 unspecified atom stereocenters. The summed E-state index contributed by atoms with van der Waals surface area (Å²) < 4.78 is 30.8. The van der Waals surface area contributed by atoms with Crippen LogP contribution in [0.25, 0.3) is 27.1 Å². The molecule has 0 bridgehead atoms. The zero-order valence-electron chi connectivity index (χ0n) is 15.1. The van der Waals surface area contributed by atoms with Crippen molar-refractivity contribution in [2.24, 2.45) is 0 Å². The van der Waals surface area contributed by atoms with Gasteiger partial charge in [0.15, 0.2) is 5.65 Å². The second-order valence-electron chi connectivity index (χ2n) is 6.40. The summed E-state index contributed by atoms with van der Waals surface area (Å²) in [5.74, 6) is 0. The van der Waals surface area contributed by atoms with E-state index in [2.05, 4.69) is 25.0 Å². The van der Waals surface area contributed by atoms with Crippen molar-refractivity contribution in [1.29, 1.82) is 0 Å². The van der Waals surface area contributed by atoms with Gasteiger partial charge < -0.3 is 0 Å². The van der Waals surface area contributed by atoms with E-state index in [0.717, 1.165) is 20.8 Å². The summed E-state index contributed by atoms with van der Waals surface area (Å²) in [6.07, 6.45) is 1.52. The maximum Gasteiger partial charge on any atom is 0.261 e. The molecule has 144 valence electrons. The number of nitrogens with one attached hydrogen (secondary N) is 1. The van der Waals surface area contributed by atoms with Crippen LogP contribution in [0.4, 0.5) is 5.69 Å². The van der Waals surface area contributed by atoms with E-state index < -0.39 is 10.0 Å². The van der Waals surface area contributed by atoms with E-state index in [-0.39, 0.29) is 4.90 Å². The van der Waals surface area contributed by atoms with Crippen molar-refractivity contribution >= 4 is 42.9 Å². The van der Waals surface area contributed by atoms with Gasteiger partial charge in [0.1, 0.15) is 6.33 Å². The van der Waals surface area contributed by atoms with Crippen LogP contribution in [0, 0.1) is 6.92 Å². The summed E-state index contributed by atoms with van der Waals surface area (Å²) in [5.41, 5.74) is 3.34. The van der Waals surface area contributed by atoms with Crippen LogP contribution >= 0.6 is 11.3 Å². The van der Waals surface area contributed by atoms with E-state index >= 15 is 0 Å². The summed E-state index contributed by atoms with van der Waals surface area (Å²) in [7, 11) is -3.74. The quantitative estimate of drug-likeness (QED) is 0.475. The third-order valence-electron chi connectivity index (χ3n) is 4.35. The summed E-state index contributed by atoms with van der Waals surface area (Å²) >= 11 is 1.47. The Labute approximate surface area is 169 Å². The maximum atomic E-state index is 12.9. The number of nitrogens with zero attached hydrogens (tertiary/aromatic N) is 5. The molecular weight excluding hydrogens is 408 g/mol. The van der Waals surface area contributed by atoms with Crippen molar-refractivity contribution in [2.75, 3.05) is 4.72 Å². The van der Waals surface area contributed by atoms with Gasteiger partial charge >= 0.3 is 0 Å². The molecule has 0 aliphatic rings. The highest BCUT2D eigenvalue weighted by Gasteiger charge is 2.16. The number of rotatable bonds is 4. The lowest BCUT2D eigenvalue weighted by Crippen LogP contribution is -2.12. The van der Waals surface area contributed by atoms with E-state index in [1.54, 1.807) is 47.0 Å². The molecule has 10 heteroatoms. The molecule has 3 aromatic heterocycles. The number of aryl methyl sites for hydroxylation is 1. The molecule has 29 heavy (non-hydrogen) atoms. The first-order valence-electron chi connectivity index (χ1n) is 8.65. The van der Waals surface area contributed by atoms with Crippen LogP contribution in [0.15, 0.2) is 65.8 Å². The lowest BCUT2D eigenvalue weighted by molar-refractivity contribution is 0.601. The molecule has 1 N–H and O–H groups in total. The van der Waals surface area contributed by atoms with Crippen molar-refractivity contribution in [3.63, 3.8) is 0 Å². The second kappa shape index (κ2) is 6.61. The molecule has 0 fully saturated rings. The van der Waals surface area contributed by atoms with Gasteiger partial charge in [-0.25, -0.2) is 13.4 Å². The number of thiazole rings is 1. The molecular formula is C19H14N6O2S2. The van der Waals surface area contributed by atoms with Crippen molar-refractivity contribution in [1.82, 2.24) is 24.8 Å². The van der Waals surface area contributed by atoms with Crippen LogP contribution in [0.5, 0.6) is 0 Å². The molecule has 5 rings (SSSR count). The van der Waals surface area contributed by atoms with Crippen molar-refractivity contribution < 1.29 is 8.42 Å². The largest absolute Gasteiger partial charge is 0.280 e. The minimum absolute atomic E-state index is 0.197. The lowest BCUT2D eigenvalue weighted by Gasteiger charge is -2.10. The maximum absolute atomic E-state index is 12.9. The number of benzene rings is 2. The zero-order chi connectivity index (χ0) is 20.0. The van der Waals surface area contributed by atoms with E-state index in [1.807, 2.05) is 19.1 Å². The second-order valence-corrected chi connectivity index (χ2v) is 9.32. The highest BCUT2D eigenvalue weighted by Crippen LogP contribution is 2.27. The van der Waals surface area contributed by atoms with Gasteiger partial charge in [0.25, 0.3) is 10.0 Å². The first-order valence-corrected chi connectivity index (χ1v) is 11.0. The van der Waals surface area contributed by atoms with Crippen LogP contribution in [0.1, 0.15) is 5.01 Å². The number of sulfonamides is 1. The predicted octanol–water partition coefficient (Wildman–Crippen LogP) is 3.51. The number of aromatic nitrogens is 5. The molecule has 0 spiro atoms. The Morgan fingerprint density at radius 1 is 1.07 bits per heavy atom. The summed E-state index contributed by atoms with van der Waals surface area (Å²) in [5, 5.41) is 13.1. The van der Waals surface area contributed by atoms with Gasteiger partial charge in [-0.2, -0.15) is 9.61 Å². The molecule has 8 nitrogen and oxygen atoms in total. The molecule has 0 saturated carbocycles. The Hall–Kier alpha value is -3.37. The third-order valence-corrected chi connectivity index (χ3v) is 6.66. The van der Waals surface area contributed by atoms with Gasteiger partial charge in [0.05, 0.1) is 25.8 Å². The Balaban J connectivity index is 1.48. The molecule has 0 atom stereocenters. The average molecular weight is 422 g/mol. The average Bonchev–Trinajstić information content (AvgIpc) is 3.31. The first kappa shape index (κ1) is 17.7. The van der Waals surface area contributed by atoms with Gasteiger partial charge in [-0.15, -0.1) is 21.5 Å². The molecule has 5 aromatic rings. The fourth-order valence-corrected chi connectivity index (χ4v) is 5.04. The summed E-state index contributed by atoms with van der Waals surface area (Å²) in [6, 6.07) is 15.6. The number of anilines is 1. The molecule has 2 aromatic carbocycles. The molecule has 0 radical (unpaired) electrons. The van der Waals surface area contributed by atoms with Crippen LogP contribution in [0.3, 0.4) is 0 Å². The molecule has 3 heterocycles. The minimum atomic E-state index is -3.74. The van der Waals surface area contributed by atoms with Gasteiger partial charge in [-0.05, 0) is 49.4 Å². The Kier molecular flexibility index (Phi) is 4.03.